The van der Waals surface area contributed by atoms with Crippen LogP contribution in [0.3, 0.4) is 0 Å². The van der Waals surface area contributed by atoms with E-state index in [0.717, 1.165) is 6.42 Å². The molecule has 0 spiro atoms. The molecule has 0 bridgehead atoms. The van der Waals surface area contributed by atoms with Crippen LogP contribution in [-0.4, -0.2) is 50.0 Å². The van der Waals surface area contributed by atoms with Crippen molar-refractivity contribution >= 4 is 5.91 Å². The first-order chi connectivity index (χ1) is 8.57. The second kappa shape index (κ2) is 4.43. The van der Waals surface area contributed by atoms with Gasteiger partial charge in [0.25, 0.3) is 0 Å². The molecule has 2 unspecified atom stereocenters. The summed E-state index contributed by atoms with van der Waals surface area (Å²) >= 11 is 0. The van der Waals surface area contributed by atoms with E-state index in [1.165, 1.54) is 5.06 Å². The Balaban J connectivity index is 2.14. The number of hydrogen-bond acceptors (Lipinski definition) is 4. The van der Waals surface area contributed by atoms with Gasteiger partial charge in [0.05, 0.1) is 0 Å². The fraction of sp³-hybridized carbons (Fsp3) is 0.929. The number of aliphatic hydroxyl groups is 1. The normalized spacial score (nSPS) is 38.2. The van der Waals surface area contributed by atoms with Gasteiger partial charge in [-0.15, -0.1) is 0 Å². The maximum Gasteiger partial charge on any atom is 0.227 e. The number of carbonyl (C=O) groups is 1. The van der Waals surface area contributed by atoms with Gasteiger partial charge in [-0.1, -0.05) is 6.92 Å². The van der Waals surface area contributed by atoms with Crippen molar-refractivity contribution in [1.82, 2.24) is 9.96 Å². The minimum Gasteiger partial charge on any atom is -0.373 e. The van der Waals surface area contributed by atoms with E-state index >= 15 is 0 Å². The number of carbonyl (C=O) groups excluding carboxylic acids is 1. The third kappa shape index (κ3) is 2.28. The van der Waals surface area contributed by atoms with Gasteiger partial charge in [-0.05, 0) is 40.0 Å². The highest BCUT2D eigenvalue weighted by Crippen LogP contribution is 2.44. The van der Waals surface area contributed by atoms with Gasteiger partial charge in [0, 0.05) is 30.0 Å². The molecule has 5 heteroatoms. The summed E-state index contributed by atoms with van der Waals surface area (Å²) in [6, 6.07) is 0. The second-order valence-corrected chi connectivity index (χ2v) is 7.29. The standard InChI is InChI=1S/C14H26N2O3/c1-9-6-11(17)15(12(9)18)8-10-7-13(2,3)16(19)14(10,4)5/h9-11,17,19H,6-8H2,1-5H3/t9-,10?,11?/m1/s1. The average Bonchev–Trinajstić information content (AvgIpc) is 2.60. The molecule has 2 N–H and O–H groups in total. The Hall–Kier alpha value is -0.650. The highest BCUT2D eigenvalue weighted by Gasteiger charge is 2.52. The van der Waals surface area contributed by atoms with Crippen LogP contribution in [0.2, 0.25) is 0 Å². The first-order valence-corrected chi connectivity index (χ1v) is 7.05. The first kappa shape index (κ1) is 14.8. The van der Waals surface area contributed by atoms with E-state index in [-0.39, 0.29) is 23.3 Å². The smallest absolute Gasteiger partial charge is 0.227 e. The molecule has 2 aliphatic rings. The van der Waals surface area contributed by atoms with Crippen molar-refractivity contribution < 1.29 is 15.1 Å². The maximum atomic E-state index is 12.0. The largest absolute Gasteiger partial charge is 0.373 e. The Morgan fingerprint density at radius 3 is 2.26 bits per heavy atom. The van der Waals surface area contributed by atoms with Crippen molar-refractivity contribution in [3.05, 3.63) is 0 Å². The second-order valence-electron chi connectivity index (χ2n) is 7.29. The number of rotatable bonds is 2. The number of hydrogen-bond donors (Lipinski definition) is 2. The van der Waals surface area contributed by atoms with Crippen molar-refractivity contribution in [3.63, 3.8) is 0 Å². The van der Waals surface area contributed by atoms with Gasteiger partial charge in [-0.25, -0.2) is 0 Å². The van der Waals surface area contributed by atoms with Crippen LogP contribution in [-0.2, 0) is 4.79 Å². The van der Waals surface area contributed by atoms with E-state index in [4.69, 9.17) is 0 Å². The summed E-state index contributed by atoms with van der Waals surface area (Å²) in [5.41, 5.74) is -0.692. The summed E-state index contributed by atoms with van der Waals surface area (Å²) in [5, 5.41) is 21.7. The van der Waals surface area contributed by atoms with Crippen molar-refractivity contribution in [3.8, 4) is 0 Å². The molecule has 0 saturated carbocycles. The molecule has 2 rings (SSSR count). The molecular formula is C14H26N2O3. The Kier molecular flexibility index (Phi) is 3.44. The van der Waals surface area contributed by atoms with Crippen LogP contribution >= 0.6 is 0 Å². The van der Waals surface area contributed by atoms with Crippen molar-refractivity contribution in [2.24, 2.45) is 11.8 Å². The van der Waals surface area contributed by atoms with Crippen LogP contribution in [0.5, 0.6) is 0 Å². The van der Waals surface area contributed by atoms with Crippen LogP contribution in [0, 0.1) is 11.8 Å². The number of likely N-dealkylation sites (tertiary alicyclic amines) is 1. The maximum absolute atomic E-state index is 12.0. The van der Waals surface area contributed by atoms with Crippen LogP contribution in [0.15, 0.2) is 0 Å². The Morgan fingerprint density at radius 2 is 1.89 bits per heavy atom. The van der Waals surface area contributed by atoms with E-state index in [1.807, 2.05) is 34.6 Å². The summed E-state index contributed by atoms with van der Waals surface area (Å²) < 4.78 is 0. The molecule has 0 aliphatic carbocycles. The van der Waals surface area contributed by atoms with Crippen molar-refractivity contribution in [2.45, 2.75) is 64.8 Å². The third-order valence-corrected chi connectivity index (χ3v) is 4.91. The van der Waals surface area contributed by atoms with Crippen LogP contribution < -0.4 is 0 Å². The topological polar surface area (TPSA) is 64.0 Å². The minimum atomic E-state index is -0.672. The SMILES string of the molecule is C[C@@H]1CC(O)N(CC2CC(C)(C)N(O)C2(C)C)C1=O. The van der Waals surface area contributed by atoms with Gasteiger partial charge in [-0.3, -0.25) is 4.79 Å². The molecule has 19 heavy (non-hydrogen) atoms. The monoisotopic (exact) mass is 270 g/mol. The minimum absolute atomic E-state index is 0.0255. The lowest BCUT2D eigenvalue weighted by Gasteiger charge is -2.37. The summed E-state index contributed by atoms with van der Waals surface area (Å²) in [6.45, 7) is 10.3. The lowest BCUT2D eigenvalue weighted by Crippen LogP contribution is -2.49. The Morgan fingerprint density at radius 1 is 1.32 bits per heavy atom. The Labute approximate surface area is 115 Å². The zero-order valence-electron chi connectivity index (χ0n) is 12.6. The Bertz CT molecular complexity index is 381. The molecule has 110 valence electrons. The summed E-state index contributed by atoms with van der Waals surface area (Å²) in [4.78, 5) is 13.6. The first-order valence-electron chi connectivity index (χ1n) is 7.05. The predicted molar refractivity (Wildman–Crippen MR) is 71.4 cm³/mol. The van der Waals surface area contributed by atoms with Crippen LogP contribution in [0.25, 0.3) is 0 Å². The molecule has 2 aliphatic heterocycles. The molecule has 3 atom stereocenters. The molecule has 2 saturated heterocycles. The van der Waals surface area contributed by atoms with Gasteiger partial charge >= 0.3 is 0 Å². The van der Waals surface area contributed by atoms with Gasteiger partial charge in [0.15, 0.2) is 0 Å². The lowest BCUT2D eigenvalue weighted by molar-refractivity contribution is -0.197. The fourth-order valence-corrected chi connectivity index (χ4v) is 3.60. The van der Waals surface area contributed by atoms with Crippen LogP contribution in [0.4, 0.5) is 0 Å². The number of aliphatic hydroxyl groups excluding tert-OH is 1. The summed E-state index contributed by atoms with van der Waals surface area (Å²) in [6.07, 6.45) is 0.647. The quantitative estimate of drug-likeness (QED) is 0.797. The summed E-state index contributed by atoms with van der Waals surface area (Å²) in [7, 11) is 0. The van der Waals surface area contributed by atoms with Crippen LogP contribution in [0.1, 0.15) is 47.5 Å². The van der Waals surface area contributed by atoms with Gasteiger partial charge in [0.1, 0.15) is 6.23 Å². The average molecular weight is 270 g/mol. The molecular weight excluding hydrogens is 244 g/mol. The molecule has 5 nitrogen and oxygen atoms in total. The van der Waals surface area contributed by atoms with E-state index < -0.39 is 11.8 Å². The summed E-state index contributed by atoms with van der Waals surface area (Å²) in [5.74, 6) is 0.0756. The van der Waals surface area contributed by atoms with Crippen molar-refractivity contribution in [2.75, 3.05) is 6.54 Å². The number of hydroxylamine groups is 2. The number of amides is 1. The van der Waals surface area contributed by atoms with E-state index in [2.05, 4.69) is 0 Å². The highest BCUT2D eigenvalue weighted by atomic mass is 16.5. The zero-order valence-corrected chi connectivity index (χ0v) is 12.6. The molecule has 0 aromatic rings. The molecule has 0 aromatic heterocycles. The van der Waals surface area contributed by atoms with Gasteiger partial charge in [0.2, 0.25) is 5.91 Å². The van der Waals surface area contributed by atoms with E-state index in [1.54, 1.807) is 4.90 Å². The fourth-order valence-electron chi connectivity index (χ4n) is 3.60. The zero-order chi connectivity index (χ0) is 14.6. The molecule has 2 heterocycles. The van der Waals surface area contributed by atoms with Crippen molar-refractivity contribution in [1.29, 1.82) is 0 Å². The third-order valence-electron chi connectivity index (χ3n) is 4.91. The van der Waals surface area contributed by atoms with Gasteiger partial charge in [-0.2, -0.15) is 5.06 Å². The highest BCUT2D eigenvalue weighted by molar-refractivity contribution is 5.80. The molecule has 1 amide bonds. The molecule has 0 aromatic carbocycles. The van der Waals surface area contributed by atoms with E-state index in [0.29, 0.717) is 13.0 Å². The molecule has 0 radical (unpaired) electrons. The predicted octanol–water partition coefficient (Wildman–Crippen LogP) is 1.44. The number of nitrogens with zero attached hydrogens (tertiary/aromatic N) is 2. The van der Waals surface area contributed by atoms with Gasteiger partial charge < -0.3 is 15.2 Å². The molecule has 2 fully saturated rings. The lowest BCUT2D eigenvalue weighted by atomic mass is 9.86. The van der Waals surface area contributed by atoms with E-state index in [9.17, 15) is 15.1 Å².